The maximum absolute atomic E-state index is 5.88. The molecule has 1 unspecified atom stereocenters. The van der Waals surface area contributed by atoms with Crippen molar-refractivity contribution in [1.29, 1.82) is 0 Å². The Labute approximate surface area is 112 Å². The first kappa shape index (κ1) is 15.3. The van der Waals surface area contributed by atoms with Crippen LogP contribution >= 0.6 is 0 Å². The standard InChI is InChI=1S/C14H30N4/c1-4-18-10-6-5-7-13(18)11-17-14(15)16-9-8-12(2)3/h12-13H,4-11H2,1-3H3,(H3,15,16,17). The van der Waals surface area contributed by atoms with Crippen LogP contribution in [0.1, 0.15) is 46.5 Å². The molecule has 1 aliphatic rings. The van der Waals surface area contributed by atoms with Crippen LogP contribution in [0, 0.1) is 5.92 Å². The fourth-order valence-corrected chi connectivity index (χ4v) is 2.43. The van der Waals surface area contributed by atoms with E-state index in [1.54, 1.807) is 0 Å². The highest BCUT2D eigenvalue weighted by Gasteiger charge is 2.20. The molecule has 4 heteroatoms. The predicted molar refractivity (Wildman–Crippen MR) is 78.8 cm³/mol. The van der Waals surface area contributed by atoms with E-state index in [2.05, 4.69) is 36.0 Å². The van der Waals surface area contributed by atoms with Crippen LogP contribution in [0.15, 0.2) is 4.99 Å². The minimum Gasteiger partial charge on any atom is -0.370 e. The number of likely N-dealkylation sites (N-methyl/N-ethyl adjacent to an activating group) is 1. The molecule has 1 atom stereocenters. The molecule has 0 spiro atoms. The first-order valence-electron chi connectivity index (χ1n) is 7.41. The monoisotopic (exact) mass is 254 g/mol. The summed E-state index contributed by atoms with van der Waals surface area (Å²) in [6.07, 6.45) is 5.06. The Balaban J connectivity index is 2.27. The largest absolute Gasteiger partial charge is 0.370 e. The lowest BCUT2D eigenvalue weighted by Gasteiger charge is -2.33. The maximum Gasteiger partial charge on any atom is 0.188 e. The summed E-state index contributed by atoms with van der Waals surface area (Å²) in [5, 5.41) is 3.20. The molecule has 0 aromatic rings. The van der Waals surface area contributed by atoms with E-state index in [4.69, 9.17) is 5.73 Å². The molecule has 0 radical (unpaired) electrons. The van der Waals surface area contributed by atoms with E-state index in [0.717, 1.165) is 26.1 Å². The van der Waals surface area contributed by atoms with Gasteiger partial charge in [0.05, 0.1) is 6.54 Å². The van der Waals surface area contributed by atoms with E-state index in [9.17, 15) is 0 Å². The predicted octanol–water partition coefficient (Wildman–Crippen LogP) is 1.81. The van der Waals surface area contributed by atoms with Crippen molar-refractivity contribution in [3.05, 3.63) is 0 Å². The zero-order chi connectivity index (χ0) is 13.4. The van der Waals surface area contributed by atoms with Crippen LogP contribution in [0.3, 0.4) is 0 Å². The molecule has 0 amide bonds. The second kappa shape index (κ2) is 8.35. The summed E-state index contributed by atoms with van der Waals surface area (Å²) in [6.45, 7) is 10.8. The lowest BCUT2D eigenvalue weighted by Crippen LogP contribution is -2.42. The second-order valence-corrected chi connectivity index (χ2v) is 5.61. The maximum atomic E-state index is 5.88. The summed E-state index contributed by atoms with van der Waals surface area (Å²) in [7, 11) is 0. The highest BCUT2D eigenvalue weighted by molar-refractivity contribution is 5.77. The molecule has 1 rings (SSSR count). The van der Waals surface area contributed by atoms with Crippen molar-refractivity contribution >= 4 is 5.96 Å². The molecule has 3 N–H and O–H groups in total. The molecule has 1 saturated heterocycles. The number of likely N-dealkylation sites (tertiary alicyclic amines) is 1. The second-order valence-electron chi connectivity index (χ2n) is 5.61. The number of hydrogen-bond donors (Lipinski definition) is 2. The number of rotatable bonds is 6. The van der Waals surface area contributed by atoms with Gasteiger partial charge in [0.1, 0.15) is 0 Å². The Morgan fingerprint density at radius 3 is 2.89 bits per heavy atom. The zero-order valence-corrected chi connectivity index (χ0v) is 12.3. The van der Waals surface area contributed by atoms with Gasteiger partial charge >= 0.3 is 0 Å². The highest BCUT2D eigenvalue weighted by Crippen LogP contribution is 2.16. The van der Waals surface area contributed by atoms with Gasteiger partial charge in [-0.1, -0.05) is 27.2 Å². The van der Waals surface area contributed by atoms with Gasteiger partial charge in [-0.15, -0.1) is 0 Å². The average Bonchev–Trinajstić information content (AvgIpc) is 2.36. The number of hydrogen-bond acceptors (Lipinski definition) is 2. The van der Waals surface area contributed by atoms with E-state index >= 15 is 0 Å². The van der Waals surface area contributed by atoms with E-state index in [1.165, 1.54) is 25.8 Å². The van der Waals surface area contributed by atoms with E-state index < -0.39 is 0 Å². The lowest BCUT2D eigenvalue weighted by atomic mass is 10.0. The summed E-state index contributed by atoms with van der Waals surface area (Å²) in [4.78, 5) is 7.01. The topological polar surface area (TPSA) is 53.6 Å². The van der Waals surface area contributed by atoms with Gasteiger partial charge in [0, 0.05) is 12.6 Å². The normalized spacial score (nSPS) is 22.4. The highest BCUT2D eigenvalue weighted by atomic mass is 15.2. The number of guanidine groups is 1. The van der Waals surface area contributed by atoms with Crippen molar-refractivity contribution < 1.29 is 0 Å². The fourth-order valence-electron chi connectivity index (χ4n) is 2.43. The third-order valence-electron chi connectivity index (χ3n) is 3.66. The quantitative estimate of drug-likeness (QED) is 0.561. The molecule has 0 bridgehead atoms. The van der Waals surface area contributed by atoms with Gasteiger partial charge in [-0.2, -0.15) is 0 Å². The SMILES string of the molecule is CCN1CCCCC1CN=C(N)NCCC(C)C. The number of nitrogens with one attached hydrogen (secondary N) is 1. The number of piperidine rings is 1. The summed E-state index contributed by atoms with van der Waals surface area (Å²) in [6, 6.07) is 0.592. The minimum absolute atomic E-state index is 0.592. The van der Waals surface area contributed by atoms with Gasteiger partial charge in [-0.25, -0.2) is 0 Å². The molecule has 18 heavy (non-hydrogen) atoms. The Morgan fingerprint density at radius 1 is 1.44 bits per heavy atom. The van der Waals surface area contributed by atoms with Crippen molar-refractivity contribution in [2.24, 2.45) is 16.6 Å². The van der Waals surface area contributed by atoms with Gasteiger partial charge in [0.2, 0.25) is 0 Å². The third-order valence-corrected chi connectivity index (χ3v) is 3.66. The Bertz CT molecular complexity index is 250. The molecule has 0 aromatic carbocycles. The minimum atomic E-state index is 0.592. The summed E-state index contributed by atoms with van der Waals surface area (Å²) in [5.41, 5.74) is 5.88. The zero-order valence-electron chi connectivity index (χ0n) is 12.3. The number of aliphatic imine (C=N–C) groups is 1. The molecule has 0 aromatic heterocycles. The van der Waals surface area contributed by atoms with Gasteiger partial charge in [-0.3, -0.25) is 9.89 Å². The van der Waals surface area contributed by atoms with Crippen LogP contribution in [0.25, 0.3) is 0 Å². The molecule has 106 valence electrons. The van der Waals surface area contributed by atoms with E-state index in [1.807, 2.05) is 0 Å². The molecule has 0 saturated carbocycles. The van der Waals surface area contributed by atoms with Crippen molar-refractivity contribution in [2.45, 2.75) is 52.5 Å². The smallest absolute Gasteiger partial charge is 0.188 e. The van der Waals surface area contributed by atoms with Crippen LogP contribution in [-0.4, -0.2) is 43.1 Å². The van der Waals surface area contributed by atoms with E-state index in [0.29, 0.717) is 17.9 Å². The van der Waals surface area contributed by atoms with Crippen LogP contribution < -0.4 is 11.1 Å². The Hall–Kier alpha value is -0.770. The van der Waals surface area contributed by atoms with Gasteiger partial charge in [-0.05, 0) is 38.3 Å². The summed E-state index contributed by atoms with van der Waals surface area (Å²) >= 11 is 0. The number of nitrogens with two attached hydrogens (primary N) is 1. The molecule has 1 heterocycles. The summed E-state index contributed by atoms with van der Waals surface area (Å²) in [5.74, 6) is 1.32. The molecular formula is C14H30N4. The van der Waals surface area contributed by atoms with Crippen molar-refractivity contribution in [1.82, 2.24) is 10.2 Å². The number of nitrogens with zero attached hydrogens (tertiary/aromatic N) is 2. The van der Waals surface area contributed by atoms with Gasteiger partial charge < -0.3 is 11.1 Å². The molecule has 1 aliphatic heterocycles. The van der Waals surface area contributed by atoms with Crippen molar-refractivity contribution in [3.8, 4) is 0 Å². The Kier molecular flexibility index (Phi) is 7.09. The first-order valence-corrected chi connectivity index (χ1v) is 7.41. The summed E-state index contributed by atoms with van der Waals surface area (Å²) < 4.78 is 0. The molecular weight excluding hydrogens is 224 g/mol. The van der Waals surface area contributed by atoms with Crippen LogP contribution in [0.2, 0.25) is 0 Å². The Morgan fingerprint density at radius 2 is 2.22 bits per heavy atom. The van der Waals surface area contributed by atoms with Crippen molar-refractivity contribution in [2.75, 3.05) is 26.2 Å². The first-order chi connectivity index (χ1) is 8.63. The average molecular weight is 254 g/mol. The fraction of sp³-hybridized carbons (Fsp3) is 0.929. The molecule has 0 aliphatic carbocycles. The molecule has 1 fully saturated rings. The van der Waals surface area contributed by atoms with E-state index in [-0.39, 0.29) is 0 Å². The molecule has 4 nitrogen and oxygen atoms in total. The van der Waals surface area contributed by atoms with Gasteiger partial charge in [0.25, 0.3) is 0 Å². The van der Waals surface area contributed by atoms with Crippen LogP contribution in [0.5, 0.6) is 0 Å². The van der Waals surface area contributed by atoms with Crippen molar-refractivity contribution in [3.63, 3.8) is 0 Å². The van der Waals surface area contributed by atoms with Crippen LogP contribution in [-0.2, 0) is 0 Å². The third kappa shape index (κ3) is 5.71. The van der Waals surface area contributed by atoms with Gasteiger partial charge in [0.15, 0.2) is 5.96 Å². The van der Waals surface area contributed by atoms with Crippen LogP contribution in [0.4, 0.5) is 0 Å². The lowest BCUT2D eigenvalue weighted by molar-refractivity contribution is 0.161.